The molecule has 0 bridgehead atoms. The lowest BCUT2D eigenvalue weighted by molar-refractivity contribution is 0.0968. The summed E-state index contributed by atoms with van der Waals surface area (Å²) in [6.07, 6.45) is 2.00. The summed E-state index contributed by atoms with van der Waals surface area (Å²) in [5, 5.41) is 15.3. The topological polar surface area (TPSA) is 90.9 Å². The fourth-order valence-corrected chi connectivity index (χ4v) is 2.33. The largest absolute Gasteiger partial charge is 0.396 e. The van der Waals surface area contributed by atoms with E-state index in [0.717, 1.165) is 0 Å². The van der Waals surface area contributed by atoms with E-state index in [4.69, 9.17) is 11.0 Å². The molecule has 1 aromatic rings. The highest BCUT2D eigenvalue weighted by atomic mass is 32.1. The van der Waals surface area contributed by atoms with E-state index in [0.29, 0.717) is 22.0 Å². The molecule has 4 N–H and O–H groups in total. The lowest BCUT2D eigenvalue weighted by Crippen LogP contribution is -2.17. The number of nitriles is 1. The smallest absolute Gasteiger partial charge is 0.263 e. The molecule has 1 rings (SSSR count). The molecule has 1 aromatic heterocycles. The third-order valence-corrected chi connectivity index (χ3v) is 3.43. The van der Waals surface area contributed by atoms with Crippen molar-refractivity contribution in [1.82, 2.24) is 5.32 Å². The van der Waals surface area contributed by atoms with Crippen LogP contribution < -0.4 is 16.4 Å². The fraction of sp³-hybridized carbons (Fsp3) is 0.333. The molecule has 1 amide bonds. The molecule has 0 saturated heterocycles. The molecule has 96 valence electrons. The maximum atomic E-state index is 11.6. The average molecular weight is 264 g/mol. The van der Waals surface area contributed by atoms with Crippen molar-refractivity contribution < 1.29 is 4.79 Å². The predicted molar refractivity (Wildman–Crippen MR) is 74.8 cm³/mol. The molecule has 0 unspecified atom stereocenters. The van der Waals surface area contributed by atoms with E-state index in [1.165, 1.54) is 24.0 Å². The second kappa shape index (κ2) is 6.07. The Labute approximate surface area is 110 Å². The average Bonchev–Trinajstić information content (AvgIpc) is 2.64. The zero-order valence-corrected chi connectivity index (χ0v) is 11.4. The molecule has 0 aromatic carbocycles. The van der Waals surface area contributed by atoms with Gasteiger partial charge in [-0.1, -0.05) is 11.6 Å². The number of amides is 1. The first-order valence-corrected chi connectivity index (χ1v) is 6.24. The summed E-state index contributed by atoms with van der Waals surface area (Å²) in [6, 6.07) is 2.02. The van der Waals surface area contributed by atoms with Crippen molar-refractivity contribution in [3.63, 3.8) is 0 Å². The second-order valence-corrected chi connectivity index (χ2v) is 4.92. The van der Waals surface area contributed by atoms with Crippen molar-refractivity contribution in [1.29, 1.82) is 5.26 Å². The number of thiophene rings is 1. The van der Waals surface area contributed by atoms with Crippen molar-refractivity contribution in [2.24, 2.45) is 0 Å². The van der Waals surface area contributed by atoms with Crippen LogP contribution in [0.2, 0.25) is 0 Å². The van der Waals surface area contributed by atoms with Gasteiger partial charge in [-0.05, 0) is 13.8 Å². The molecule has 6 heteroatoms. The number of anilines is 2. The summed E-state index contributed by atoms with van der Waals surface area (Å²) in [7, 11) is 1.53. The molecule has 5 nitrogen and oxygen atoms in total. The molecule has 0 aliphatic heterocycles. The van der Waals surface area contributed by atoms with Crippen LogP contribution in [0, 0.1) is 11.3 Å². The minimum Gasteiger partial charge on any atom is -0.396 e. The summed E-state index contributed by atoms with van der Waals surface area (Å²) in [5.74, 6) is -0.274. The van der Waals surface area contributed by atoms with Crippen molar-refractivity contribution in [3.05, 3.63) is 22.1 Å². The van der Waals surface area contributed by atoms with Crippen molar-refractivity contribution in [2.75, 3.05) is 24.6 Å². The van der Waals surface area contributed by atoms with Crippen LogP contribution in [0.25, 0.3) is 0 Å². The molecule has 1 heterocycles. The molecule has 0 radical (unpaired) electrons. The van der Waals surface area contributed by atoms with Gasteiger partial charge in [0.1, 0.15) is 21.5 Å². The number of allylic oxidation sites excluding steroid dienone is 1. The van der Waals surface area contributed by atoms with Crippen LogP contribution in [0.1, 0.15) is 29.1 Å². The highest BCUT2D eigenvalue weighted by molar-refractivity contribution is 7.18. The zero-order chi connectivity index (χ0) is 13.7. The van der Waals surface area contributed by atoms with Crippen LogP contribution in [-0.4, -0.2) is 19.5 Å². The molecule has 0 aliphatic carbocycles. The summed E-state index contributed by atoms with van der Waals surface area (Å²) >= 11 is 1.20. The summed E-state index contributed by atoms with van der Waals surface area (Å²) in [6.45, 7) is 4.58. The monoisotopic (exact) mass is 264 g/mol. The first kappa shape index (κ1) is 14.1. The van der Waals surface area contributed by atoms with Gasteiger partial charge >= 0.3 is 0 Å². The van der Waals surface area contributed by atoms with Crippen LogP contribution in [0.5, 0.6) is 0 Å². The van der Waals surface area contributed by atoms with Crippen LogP contribution in [0.15, 0.2) is 11.6 Å². The number of hydrogen-bond acceptors (Lipinski definition) is 5. The van der Waals surface area contributed by atoms with E-state index in [1.54, 1.807) is 0 Å². The van der Waals surface area contributed by atoms with Gasteiger partial charge in [0.05, 0.1) is 5.69 Å². The SMILES string of the molecule is CNC(=O)c1sc(NCC=C(C)C)c(C#N)c1N. The molecular weight excluding hydrogens is 248 g/mol. The van der Waals surface area contributed by atoms with E-state index in [1.807, 2.05) is 26.0 Å². The Kier molecular flexibility index (Phi) is 4.75. The number of nitrogens with zero attached hydrogens (tertiary/aromatic N) is 1. The van der Waals surface area contributed by atoms with E-state index >= 15 is 0 Å². The quantitative estimate of drug-likeness (QED) is 0.725. The summed E-state index contributed by atoms with van der Waals surface area (Å²) < 4.78 is 0. The molecule has 0 fully saturated rings. The predicted octanol–water partition coefficient (Wildman–Crippen LogP) is 1.94. The van der Waals surface area contributed by atoms with Gasteiger partial charge in [0.2, 0.25) is 0 Å². The van der Waals surface area contributed by atoms with Gasteiger partial charge in [-0.3, -0.25) is 4.79 Å². The Bertz CT molecular complexity index is 521. The Morgan fingerprint density at radius 3 is 2.72 bits per heavy atom. The number of nitrogens with one attached hydrogen (secondary N) is 2. The highest BCUT2D eigenvalue weighted by Crippen LogP contribution is 2.34. The standard InChI is InChI=1S/C12H16N4OS/c1-7(2)4-5-16-12-8(6-13)9(14)10(18-12)11(17)15-3/h4,16H,5,14H2,1-3H3,(H,15,17). The number of nitrogens with two attached hydrogens (primary N) is 1. The first-order chi connectivity index (χ1) is 8.51. The Hall–Kier alpha value is -2.00. The van der Waals surface area contributed by atoms with E-state index in [2.05, 4.69) is 10.6 Å². The first-order valence-electron chi connectivity index (χ1n) is 5.43. The van der Waals surface area contributed by atoms with Crippen molar-refractivity contribution in [2.45, 2.75) is 13.8 Å². The van der Waals surface area contributed by atoms with Gasteiger partial charge in [0.15, 0.2) is 0 Å². The lowest BCUT2D eigenvalue weighted by Gasteiger charge is -2.00. The van der Waals surface area contributed by atoms with Crippen molar-refractivity contribution >= 4 is 27.9 Å². The number of carbonyl (C=O) groups excluding carboxylic acids is 1. The molecular formula is C12H16N4OS. The van der Waals surface area contributed by atoms with Gasteiger partial charge in [-0.15, -0.1) is 11.3 Å². The summed E-state index contributed by atoms with van der Waals surface area (Å²) in [5.41, 5.74) is 7.54. The highest BCUT2D eigenvalue weighted by Gasteiger charge is 2.19. The zero-order valence-electron chi connectivity index (χ0n) is 10.6. The van der Waals surface area contributed by atoms with Gasteiger partial charge in [0, 0.05) is 13.6 Å². The van der Waals surface area contributed by atoms with Crippen LogP contribution in [0.4, 0.5) is 10.7 Å². The Morgan fingerprint density at radius 1 is 1.56 bits per heavy atom. The van der Waals surface area contributed by atoms with E-state index in [9.17, 15) is 4.79 Å². The molecule has 0 saturated carbocycles. The van der Waals surface area contributed by atoms with E-state index < -0.39 is 0 Å². The number of nitrogen functional groups attached to an aromatic ring is 1. The number of rotatable bonds is 4. The third-order valence-electron chi connectivity index (χ3n) is 2.26. The molecule has 0 aliphatic rings. The molecule has 0 atom stereocenters. The van der Waals surface area contributed by atoms with Crippen LogP contribution >= 0.6 is 11.3 Å². The third kappa shape index (κ3) is 3.02. The maximum absolute atomic E-state index is 11.6. The van der Waals surface area contributed by atoms with Gasteiger partial charge < -0.3 is 16.4 Å². The number of hydrogen-bond donors (Lipinski definition) is 3. The van der Waals surface area contributed by atoms with Crippen molar-refractivity contribution in [3.8, 4) is 6.07 Å². The van der Waals surface area contributed by atoms with Gasteiger partial charge in [0.25, 0.3) is 5.91 Å². The fourth-order valence-electron chi connectivity index (χ4n) is 1.31. The minimum atomic E-state index is -0.274. The number of carbonyl (C=O) groups is 1. The molecule has 0 spiro atoms. The Balaban J connectivity index is 3.02. The second-order valence-electron chi connectivity index (χ2n) is 3.90. The lowest BCUT2D eigenvalue weighted by atomic mass is 10.2. The van der Waals surface area contributed by atoms with Gasteiger partial charge in [-0.2, -0.15) is 5.26 Å². The minimum absolute atomic E-state index is 0.238. The van der Waals surface area contributed by atoms with E-state index in [-0.39, 0.29) is 11.6 Å². The normalized spacial score (nSPS) is 9.44. The maximum Gasteiger partial charge on any atom is 0.263 e. The molecule has 18 heavy (non-hydrogen) atoms. The van der Waals surface area contributed by atoms with Crippen LogP contribution in [-0.2, 0) is 0 Å². The summed E-state index contributed by atoms with van der Waals surface area (Å²) in [4.78, 5) is 11.9. The van der Waals surface area contributed by atoms with Crippen LogP contribution in [0.3, 0.4) is 0 Å². The Morgan fingerprint density at radius 2 is 2.22 bits per heavy atom. The van der Waals surface area contributed by atoms with Gasteiger partial charge in [-0.25, -0.2) is 0 Å².